The molecule has 2 aliphatic rings. The molecule has 29 nitrogen and oxygen atoms in total. The van der Waals surface area contributed by atoms with Crippen molar-refractivity contribution in [2.24, 2.45) is 64.1 Å². The molecule has 26 unspecified atom stereocenters. The number of fused-ring (bicyclic) bond motifs is 2. The number of aliphatic carboxylic acids is 3. The van der Waals surface area contributed by atoms with Crippen molar-refractivity contribution in [1.82, 2.24) is 16.0 Å². The topological polar surface area (TPSA) is 501 Å². The predicted octanol–water partition coefficient (Wildman–Crippen LogP) is 5.18. The predicted molar refractivity (Wildman–Crippen MR) is 413 cm³/mol. The minimum Gasteiger partial charge on any atom is -0.481 e. The average molecular weight is 1570 g/mol. The number of esters is 2. The molecule has 2 bridgehead atoms. The summed E-state index contributed by atoms with van der Waals surface area (Å²) in [5, 5.41) is 162. The van der Waals surface area contributed by atoms with E-state index in [9.17, 15) is 115 Å². The van der Waals surface area contributed by atoms with Gasteiger partial charge in [0, 0.05) is 47.5 Å². The van der Waals surface area contributed by atoms with Crippen molar-refractivity contribution < 1.29 is 129 Å². The summed E-state index contributed by atoms with van der Waals surface area (Å²) in [6.07, 6.45) is 0.367. The summed E-state index contributed by atoms with van der Waals surface area (Å²) >= 11 is 0. The van der Waals surface area contributed by atoms with Crippen molar-refractivity contribution in [2.45, 2.75) is 299 Å². The van der Waals surface area contributed by atoms with Crippen molar-refractivity contribution in [3.63, 3.8) is 0 Å². The van der Waals surface area contributed by atoms with Gasteiger partial charge in [-0.3, -0.25) is 28.8 Å². The Morgan fingerprint density at radius 3 is 1.86 bits per heavy atom. The number of hydrogen-bond donors (Lipinski definition) is 17. The van der Waals surface area contributed by atoms with Gasteiger partial charge in [-0.2, -0.15) is 0 Å². The number of carboxylic acid groups (broad SMARTS) is 3. The largest absolute Gasteiger partial charge is 0.481 e. The minimum atomic E-state index is -2.71. The molecule has 111 heavy (non-hydrogen) atoms. The number of aliphatic hydroxyl groups is 11. The fourth-order valence-corrected chi connectivity index (χ4v) is 13.6. The lowest BCUT2D eigenvalue weighted by molar-refractivity contribution is -0.175. The Morgan fingerprint density at radius 1 is 0.703 bits per heavy atom. The maximum Gasteiger partial charge on any atom is 0.335 e. The first-order valence-corrected chi connectivity index (χ1v) is 38.5. The van der Waals surface area contributed by atoms with E-state index in [1.54, 1.807) is 67.5 Å². The fraction of sp³-hybridized carbons (Fsp3) is 0.695. The van der Waals surface area contributed by atoms with Crippen molar-refractivity contribution >= 4 is 53.4 Å². The first-order chi connectivity index (χ1) is 51.4. The number of allylic oxidation sites excluding steroid dienone is 7. The number of Topliss-reactive ketones (excluding diaryl/α,β-unsaturated/α-hetero) is 1. The van der Waals surface area contributed by atoms with E-state index in [2.05, 4.69) is 22.9 Å². The number of hydrogen-bond acceptors (Lipinski definition) is 23. The number of ketones is 1. The van der Waals surface area contributed by atoms with E-state index in [0.29, 0.717) is 42.7 Å². The molecule has 0 aromatic rings. The number of ether oxygens (including phenoxy) is 3. The highest BCUT2D eigenvalue weighted by Gasteiger charge is 2.47. The monoisotopic (exact) mass is 1570 g/mol. The third-order valence-electron chi connectivity index (χ3n) is 21.5. The van der Waals surface area contributed by atoms with Crippen LogP contribution < -0.4 is 16.0 Å². The van der Waals surface area contributed by atoms with Gasteiger partial charge in [0.05, 0.1) is 97.0 Å². The lowest BCUT2D eigenvalue weighted by Crippen LogP contribution is -2.59. The lowest BCUT2D eigenvalue weighted by atomic mass is 9.72. The maximum atomic E-state index is 14.6. The minimum absolute atomic E-state index is 0.0335. The van der Waals surface area contributed by atoms with Crippen molar-refractivity contribution in [3.05, 3.63) is 95.7 Å². The van der Waals surface area contributed by atoms with Crippen LogP contribution in [0.15, 0.2) is 95.7 Å². The molecule has 0 spiro atoms. The summed E-state index contributed by atoms with van der Waals surface area (Å²) in [6.45, 7) is 27.3. The van der Waals surface area contributed by atoms with Crippen LogP contribution in [-0.2, 0) is 57.4 Å². The molecule has 1 saturated heterocycles. The Balaban J connectivity index is 2.69. The van der Waals surface area contributed by atoms with E-state index in [0.717, 1.165) is 25.5 Å². The number of nitrogens with one attached hydrogen (secondary N) is 3. The Bertz CT molecular complexity index is 3300. The molecule has 17 N–H and O–H groups in total. The van der Waals surface area contributed by atoms with Gasteiger partial charge in [0.15, 0.2) is 18.2 Å². The molecule has 1 fully saturated rings. The second-order valence-electron chi connectivity index (χ2n) is 32.4. The summed E-state index contributed by atoms with van der Waals surface area (Å²) in [6, 6.07) is -5.57. The Hall–Kier alpha value is -7.13. The van der Waals surface area contributed by atoms with E-state index in [1.165, 1.54) is 85.8 Å². The zero-order valence-corrected chi connectivity index (χ0v) is 67.8. The standard InChI is InChI=1S/C82H131N3O26/c1-42(2)67(93)65(83-62(91)34-35-81(15,16)74(99)53(13)75(100)82(17,18)80(107)108)71(97)49(9)39-47(7)68(94)44(4)30-32-57(87)51(11)76(101)85-64(54(14)86)73-52(12)60(110-63(92)41-59(89)77(102)103)33-31-45(5)69(95)46(6)38-48(8)70(96)50(10)58(88)40-56-37-43(3)36-55(109-56)28-26-24-22-20-19-21-23-25-27-29-61(90)84-66(79(106)111-73)72(98)78(104)105/h20,22-27,29,31,34-35,38-39,42-44,46,49-60,64-73,75,86-89,93-98,100H,19,21,28,30,32-33,36-37,40-41H2,1-18H3,(H,83,91)(H,84,90)(H,85,101)(H,102,103)(H,104,105)(H,107,108). The molecular weight excluding hydrogens is 1440 g/mol. The van der Waals surface area contributed by atoms with Gasteiger partial charge in [-0.1, -0.05) is 136 Å². The van der Waals surface area contributed by atoms with Gasteiger partial charge in [0.1, 0.15) is 18.0 Å². The normalized spacial score (nSPS) is 27.8. The SMILES string of the molecule is CC1=CCC(OC(=O)CC(O)C(=O)O)C(C)C(C(NC(=O)C(C)C(O)CCC(C)C(O)C(C)=CC(C)C(O)C(NC(=O)C=CC(C)(C)C(=O)C(C)C(O)C(C)(C)C(=O)O)C(O)C(C)C)C(C)O)OC(=O)C(C(O)C(=O)O)NC(=O)C=CC=CCCC=CC=CCC2CC(C)CC(CC(O)C(C)C(O)C(C)=CC(C)C1O)O2. The highest BCUT2D eigenvalue weighted by Crippen LogP contribution is 2.35. The number of carbonyl (C=O) groups excluding carboxylic acids is 6. The van der Waals surface area contributed by atoms with Crippen LogP contribution in [0.4, 0.5) is 0 Å². The second kappa shape index (κ2) is 46.9. The number of amides is 3. The van der Waals surface area contributed by atoms with Crippen LogP contribution in [0.3, 0.4) is 0 Å². The third kappa shape index (κ3) is 32.0. The molecule has 2 rings (SSSR count). The van der Waals surface area contributed by atoms with Crippen molar-refractivity contribution in [1.29, 1.82) is 0 Å². The number of rotatable bonds is 29. The molecule has 0 aromatic carbocycles. The Morgan fingerprint density at radius 2 is 1.29 bits per heavy atom. The Kier molecular flexibility index (Phi) is 42.2. The van der Waals surface area contributed by atoms with Crippen LogP contribution in [0.25, 0.3) is 0 Å². The quantitative estimate of drug-likeness (QED) is 0.0261. The molecule has 29 heteroatoms. The first-order valence-electron chi connectivity index (χ1n) is 38.5. The van der Waals surface area contributed by atoms with Gasteiger partial charge >= 0.3 is 29.8 Å². The molecule has 3 amide bonds. The first kappa shape index (κ1) is 99.9. The van der Waals surface area contributed by atoms with Gasteiger partial charge in [-0.25, -0.2) is 14.4 Å². The van der Waals surface area contributed by atoms with Gasteiger partial charge < -0.3 is 102 Å². The molecule has 2 heterocycles. The summed E-state index contributed by atoms with van der Waals surface area (Å²) in [5.41, 5.74) is -2.10. The lowest BCUT2D eigenvalue weighted by Gasteiger charge is -2.38. The summed E-state index contributed by atoms with van der Waals surface area (Å²) in [5.74, 6) is -18.8. The average Bonchev–Trinajstić information content (AvgIpc) is 0.816. The molecule has 0 saturated carbocycles. The van der Waals surface area contributed by atoms with E-state index in [4.69, 9.17) is 14.2 Å². The molecule has 26 atom stereocenters. The van der Waals surface area contributed by atoms with Crippen LogP contribution in [0.1, 0.15) is 189 Å². The van der Waals surface area contributed by atoms with E-state index in [1.807, 2.05) is 24.3 Å². The molecule has 630 valence electrons. The summed E-state index contributed by atoms with van der Waals surface area (Å²) < 4.78 is 18.2. The van der Waals surface area contributed by atoms with Gasteiger partial charge in [-0.15, -0.1) is 0 Å². The van der Waals surface area contributed by atoms with Gasteiger partial charge in [0.25, 0.3) is 0 Å². The highest BCUT2D eigenvalue weighted by molar-refractivity contribution is 5.95. The number of cyclic esters (lactones) is 1. The van der Waals surface area contributed by atoms with Gasteiger partial charge in [-0.05, 0) is 147 Å². The van der Waals surface area contributed by atoms with Crippen LogP contribution >= 0.6 is 0 Å². The van der Waals surface area contributed by atoms with E-state index >= 15 is 0 Å². The van der Waals surface area contributed by atoms with Crippen LogP contribution in [0.2, 0.25) is 0 Å². The molecule has 0 aromatic heterocycles. The smallest absolute Gasteiger partial charge is 0.335 e. The molecular formula is C82H131N3O26. The molecule has 2 aliphatic heterocycles. The van der Waals surface area contributed by atoms with E-state index in [-0.39, 0.29) is 37.0 Å². The van der Waals surface area contributed by atoms with Crippen LogP contribution in [0, 0.1) is 64.1 Å². The van der Waals surface area contributed by atoms with Gasteiger partial charge in [0.2, 0.25) is 17.7 Å². The molecule has 0 radical (unpaired) electrons. The number of aliphatic hydroxyl groups excluding tert-OH is 11. The zero-order chi connectivity index (χ0) is 85.0. The number of carbonyl (C=O) groups is 9. The highest BCUT2D eigenvalue weighted by atomic mass is 16.6. The number of carboxylic acids is 3. The Labute approximate surface area is 653 Å². The van der Waals surface area contributed by atoms with Crippen LogP contribution in [0.5, 0.6) is 0 Å². The summed E-state index contributed by atoms with van der Waals surface area (Å²) in [4.78, 5) is 119. The summed E-state index contributed by atoms with van der Waals surface area (Å²) in [7, 11) is 0. The molecule has 0 aliphatic carbocycles. The maximum absolute atomic E-state index is 14.6. The van der Waals surface area contributed by atoms with Crippen molar-refractivity contribution in [2.75, 3.05) is 0 Å². The fourth-order valence-electron chi connectivity index (χ4n) is 13.6. The van der Waals surface area contributed by atoms with Crippen LogP contribution in [-0.4, -0.2) is 235 Å². The third-order valence-corrected chi connectivity index (χ3v) is 21.5. The van der Waals surface area contributed by atoms with Crippen molar-refractivity contribution in [3.8, 4) is 0 Å². The zero-order valence-electron chi connectivity index (χ0n) is 67.8. The van der Waals surface area contributed by atoms with E-state index < -0.39 is 222 Å². The second-order valence-corrected chi connectivity index (χ2v) is 32.4.